The van der Waals surface area contributed by atoms with Crippen LogP contribution in [0.4, 0.5) is 5.82 Å². The Kier molecular flexibility index (Phi) is 4.12. The molecule has 1 aromatic rings. The van der Waals surface area contributed by atoms with Crippen molar-refractivity contribution in [2.24, 2.45) is 5.41 Å². The first-order valence-electron chi connectivity index (χ1n) is 6.32. The molecule has 0 radical (unpaired) electrons. The highest BCUT2D eigenvalue weighted by Gasteiger charge is 2.49. The number of nitrogens with one attached hydrogen (secondary N) is 1. The predicted octanol–water partition coefficient (Wildman–Crippen LogP) is 2.81. The molecule has 2 unspecified atom stereocenters. The first-order chi connectivity index (χ1) is 8.57. The lowest BCUT2D eigenvalue weighted by Crippen LogP contribution is -2.58. The van der Waals surface area contributed by atoms with Crippen molar-refractivity contribution in [3.05, 3.63) is 12.4 Å². The van der Waals surface area contributed by atoms with E-state index in [9.17, 15) is 0 Å². The van der Waals surface area contributed by atoms with E-state index < -0.39 is 0 Å². The standard InChI is InChI=1S/C13H21N3OS/c1-5-17-10-6-9(13(10,2)3)16-11-7-12(18-4)15-8-14-11/h7-10H,5-6H2,1-4H3,(H,14,15,16). The Hall–Kier alpha value is -0.810. The molecule has 100 valence electrons. The van der Waals surface area contributed by atoms with Gasteiger partial charge in [0.25, 0.3) is 0 Å². The van der Waals surface area contributed by atoms with Crippen LogP contribution in [0.2, 0.25) is 0 Å². The molecule has 1 aliphatic rings. The number of hydrogen-bond donors (Lipinski definition) is 1. The van der Waals surface area contributed by atoms with E-state index in [-0.39, 0.29) is 5.41 Å². The molecular weight excluding hydrogens is 246 g/mol. The van der Waals surface area contributed by atoms with E-state index in [0.29, 0.717) is 12.1 Å². The molecule has 0 amide bonds. The van der Waals surface area contributed by atoms with Crippen molar-refractivity contribution >= 4 is 17.6 Å². The zero-order valence-corrected chi connectivity index (χ0v) is 12.3. The summed E-state index contributed by atoms with van der Waals surface area (Å²) in [5.74, 6) is 0.905. The van der Waals surface area contributed by atoms with Gasteiger partial charge in [0, 0.05) is 24.1 Å². The molecule has 2 atom stereocenters. The molecule has 0 spiro atoms. The Morgan fingerprint density at radius 2 is 2.28 bits per heavy atom. The van der Waals surface area contributed by atoms with Crippen molar-refractivity contribution in [3.8, 4) is 0 Å². The Labute approximate surface area is 113 Å². The Morgan fingerprint density at radius 3 is 2.89 bits per heavy atom. The summed E-state index contributed by atoms with van der Waals surface area (Å²) in [6.45, 7) is 7.31. The second kappa shape index (κ2) is 5.45. The molecule has 1 saturated carbocycles. The van der Waals surface area contributed by atoms with Crippen molar-refractivity contribution in [3.63, 3.8) is 0 Å². The van der Waals surface area contributed by atoms with E-state index in [0.717, 1.165) is 23.9 Å². The summed E-state index contributed by atoms with van der Waals surface area (Å²) in [7, 11) is 0. The van der Waals surface area contributed by atoms with Crippen molar-refractivity contribution in [1.82, 2.24) is 9.97 Å². The number of aromatic nitrogens is 2. The topological polar surface area (TPSA) is 47.0 Å². The minimum Gasteiger partial charge on any atom is -0.378 e. The Morgan fingerprint density at radius 1 is 1.50 bits per heavy atom. The van der Waals surface area contributed by atoms with Crippen molar-refractivity contribution < 1.29 is 4.74 Å². The van der Waals surface area contributed by atoms with Crippen molar-refractivity contribution in [2.45, 2.75) is 44.4 Å². The van der Waals surface area contributed by atoms with Gasteiger partial charge in [-0.1, -0.05) is 13.8 Å². The fourth-order valence-corrected chi connectivity index (χ4v) is 2.70. The minimum atomic E-state index is 0.153. The van der Waals surface area contributed by atoms with Crippen molar-refractivity contribution in [1.29, 1.82) is 0 Å². The van der Waals surface area contributed by atoms with Crippen LogP contribution in [0.15, 0.2) is 17.4 Å². The first-order valence-corrected chi connectivity index (χ1v) is 7.54. The number of nitrogens with zero attached hydrogens (tertiary/aromatic N) is 2. The molecule has 2 rings (SSSR count). The number of ether oxygens (including phenoxy) is 1. The smallest absolute Gasteiger partial charge is 0.130 e. The largest absolute Gasteiger partial charge is 0.378 e. The van der Waals surface area contributed by atoms with Crippen LogP contribution in [-0.4, -0.2) is 35.0 Å². The van der Waals surface area contributed by atoms with Crippen LogP contribution in [0.3, 0.4) is 0 Å². The zero-order valence-electron chi connectivity index (χ0n) is 11.4. The van der Waals surface area contributed by atoms with Gasteiger partial charge in [-0.15, -0.1) is 11.8 Å². The molecule has 1 fully saturated rings. The van der Waals surface area contributed by atoms with E-state index in [4.69, 9.17) is 4.74 Å². The third-order valence-electron chi connectivity index (χ3n) is 3.72. The van der Waals surface area contributed by atoms with E-state index >= 15 is 0 Å². The summed E-state index contributed by atoms with van der Waals surface area (Å²) in [6, 6.07) is 2.41. The van der Waals surface area contributed by atoms with E-state index in [2.05, 4.69) is 29.1 Å². The third kappa shape index (κ3) is 2.62. The molecule has 4 nitrogen and oxygen atoms in total. The van der Waals surface area contributed by atoms with E-state index in [1.807, 2.05) is 19.2 Å². The van der Waals surface area contributed by atoms with Crippen LogP contribution in [0.5, 0.6) is 0 Å². The van der Waals surface area contributed by atoms with Gasteiger partial charge < -0.3 is 10.1 Å². The Bertz CT molecular complexity index is 411. The van der Waals surface area contributed by atoms with Gasteiger partial charge in [-0.25, -0.2) is 9.97 Å². The average molecular weight is 267 g/mol. The molecule has 0 saturated heterocycles. The fourth-order valence-electron chi connectivity index (χ4n) is 2.32. The number of hydrogen-bond acceptors (Lipinski definition) is 5. The van der Waals surface area contributed by atoms with Gasteiger partial charge in [0.15, 0.2) is 0 Å². The molecule has 0 aromatic carbocycles. The molecule has 5 heteroatoms. The van der Waals surface area contributed by atoms with Crippen LogP contribution in [-0.2, 0) is 4.74 Å². The van der Waals surface area contributed by atoms with Gasteiger partial charge in [0.05, 0.1) is 6.10 Å². The summed E-state index contributed by atoms with van der Waals surface area (Å²) < 4.78 is 5.73. The van der Waals surface area contributed by atoms with Crippen LogP contribution < -0.4 is 5.32 Å². The van der Waals surface area contributed by atoms with Gasteiger partial charge in [0.1, 0.15) is 17.2 Å². The van der Waals surface area contributed by atoms with E-state index in [1.165, 1.54) is 0 Å². The maximum absolute atomic E-state index is 5.73. The van der Waals surface area contributed by atoms with Gasteiger partial charge in [0.2, 0.25) is 0 Å². The van der Waals surface area contributed by atoms with Gasteiger partial charge in [-0.05, 0) is 19.6 Å². The highest BCUT2D eigenvalue weighted by atomic mass is 32.2. The fraction of sp³-hybridized carbons (Fsp3) is 0.692. The Balaban J connectivity index is 1.98. The summed E-state index contributed by atoms with van der Waals surface area (Å²) in [4.78, 5) is 8.45. The highest BCUT2D eigenvalue weighted by Crippen LogP contribution is 2.44. The van der Waals surface area contributed by atoms with Crippen LogP contribution >= 0.6 is 11.8 Å². The molecule has 1 N–H and O–H groups in total. The van der Waals surface area contributed by atoms with Crippen molar-refractivity contribution in [2.75, 3.05) is 18.2 Å². The maximum atomic E-state index is 5.73. The van der Waals surface area contributed by atoms with Crippen LogP contribution in [0, 0.1) is 5.41 Å². The average Bonchev–Trinajstić information content (AvgIpc) is 2.38. The predicted molar refractivity (Wildman–Crippen MR) is 75.0 cm³/mol. The second-order valence-corrected chi connectivity index (χ2v) is 5.97. The molecule has 18 heavy (non-hydrogen) atoms. The van der Waals surface area contributed by atoms with Gasteiger partial charge in [-0.2, -0.15) is 0 Å². The summed E-state index contributed by atoms with van der Waals surface area (Å²) in [6.07, 6.45) is 5.02. The monoisotopic (exact) mass is 267 g/mol. The summed E-state index contributed by atoms with van der Waals surface area (Å²) >= 11 is 1.63. The number of anilines is 1. The zero-order chi connectivity index (χ0) is 13.2. The highest BCUT2D eigenvalue weighted by molar-refractivity contribution is 7.98. The quantitative estimate of drug-likeness (QED) is 0.656. The molecule has 0 bridgehead atoms. The van der Waals surface area contributed by atoms with Gasteiger partial charge >= 0.3 is 0 Å². The SMILES string of the molecule is CCOC1CC(Nc2cc(SC)ncn2)C1(C)C. The maximum Gasteiger partial charge on any atom is 0.130 e. The molecule has 1 heterocycles. The lowest BCUT2D eigenvalue weighted by Gasteiger charge is -2.51. The minimum absolute atomic E-state index is 0.153. The summed E-state index contributed by atoms with van der Waals surface area (Å²) in [5, 5.41) is 4.48. The summed E-state index contributed by atoms with van der Waals surface area (Å²) in [5.41, 5.74) is 0.153. The first kappa shape index (κ1) is 13.6. The number of rotatable bonds is 5. The van der Waals surface area contributed by atoms with E-state index in [1.54, 1.807) is 18.1 Å². The molecular formula is C13H21N3OS. The third-order valence-corrected chi connectivity index (χ3v) is 4.36. The van der Waals surface area contributed by atoms with Gasteiger partial charge in [-0.3, -0.25) is 0 Å². The number of thioether (sulfide) groups is 1. The van der Waals surface area contributed by atoms with Crippen LogP contribution in [0.25, 0.3) is 0 Å². The van der Waals surface area contributed by atoms with Crippen LogP contribution in [0.1, 0.15) is 27.2 Å². The second-order valence-electron chi connectivity index (χ2n) is 5.14. The lowest BCUT2D eigenvalue weighted by molar-refractivity contribution is -0.0976. The molecule has 1 aliphatic carbocycles. The molecule has 1 aromatic heterocycles. The lowest BCUT2D eigenvalue weighted by atomic mass is 9.64. The normalized spacial score (nSPS) is 25.6. The molecule has 0 aliphatic heterocycles.